The molecule has 26 heavy (non-hydrogen) atoms. The summed E-state index contributed by atoms with van der Waals surface area (Å²) in [6, 6.07) is 5.48. The van der Waals surface area contributed by atoms with Crippen LogP contribution in [0.1, 0.15) is 44.7 Å². The standard InChI is InChI=1S/C19H30F3N3O/c1-5-26-12-7-6-11-24-17(23-4)25-14-18(2,3)15-9-8-10-16(13-15)19(20,21)22/h8-10,13H,5-7,11-12,14H2,1-4H3,(H2,23,24,25). The lowest BCUT2D eigenvalue weighted by Crippen LogP contribution is -2.43. The number of nitrogens with one attached hydrogen (secondary N) is 2. The average molecular weight is 373 g/mol. The van der Waals surface area contributed by atoms with Gasteiger partial charge in [0.2, 0.25) is 0 Å². The molecule has 1 aromatic rings. The van der Waals surface area contributed by atoms with Gasteiger partial charge in [-0.15, -0.1) is 0 Å². The fourth-order valence-electron chi connectivity index (χ4n) is 2.42. The van der Waals surface area contributed by atoms with Crippen LogP contribution in [0.25, 0.3) is 0 Å². The van der Waals surface area contributed by atoms with Crippen molar-refractivity contribution in [3.8, 4) is 0 Å². The molecule has 0 radical (unpaired) electrons. The summed E-state index contributed by atoms with van der Waals surface area (Å²) < 4.78 is 44.1. The molecule has 7 heteroatoms. The minimum Gasteiger partial charge on any atom is -0.382 e. The lowest BCUT2D eigenvalue weighted by atomic mass is 9.84. The van der Waals surface area contributed by atoms with Gasteiger partial charge in [0.25, 0.3) is 0 Å². The van der Waals surface area contributed by atoms with E-state index in [1.165, 1.54) is 12.1 Å². The smallest absolute Gasteiger partial charge is 0.382 e. The topological polar surface area (TPSA) is 45.6 Å². The summed E-state index contributed by atoms with van der Waals surface area (Å²) in [4.78, 5) is 4.16. The first kappa shape index (κ1) is 22.3. The number of benzene rings is 1. The van der Waals surface area contributed by atoms with E-state index in [-0.39, 0.29) is 0 Å². The summed E-state index contributed by atoms with van der Waals surface area (Å²) >= 11 is 0. The number of guanidine groups is 1. The second-order valence-corrected chi connectivity index (χ2v) is 6.72. The third-order valence-corrected chi connectivity index (χ3v) is 4.10. The normalized spacial score (nSPS) is 13.0. The minimum atomic E-state index is -4.33. The fourth-order valence-corrected chi connectivity index (χ4v) is 2.42. The van der Waals surface area contributed by atoms with E-state index in [0.717, 1.165) is 38.7 Å². The number of hydrogen-bond acceptors (Lipinski definition) is 2. The number of unbranched alkanes of at least 4 members (excludes halogenated alkanes) is 1. The van der Waals surface area contributed by atoms with E-state index in [1.807, 2.05) is 20.8 Å². The second kappa shape index (κ2) is 10.4. The summed E-state index contributed by atoms with van der Waals surface area (Å²) in [6.45, 7) is 8.48. The van der Waals surface area contributed by atoms with Gasteiger partial charge < -0.3 is 15.4 Å². The number of alkyl halides is 3. The highest BCUT2D eigenvalue weighted by Crippen LogP contribution is 2.32. The van der Waals surface area contributed by atoms with Gasteiger partial charge in [0, 0.05) is 38.8 Å². The van der Waals surface area contributed by atoms with Crippen LogP contribution in [-0.2, 0) is 16.3 Å². The molecule has 0 aliphatic carbocycles. The summed E-state index contributed by atoms with van der Waals surface area (Å²) in [7, 11) is 1.67. The van der Waals surface area contributed by atoms with Crippen LogP contribution in [0, 0.1) is 0 Å². The molecule has 4 nitrogen and oxygen atoms in total. The lowest BCUT2D eigenvalue weighted by Gasteiger charge is -2.27. The maximum atomic E-state index is 12.9. The zero-order chi connectivity index (χ0) is 19.6. The predicted molar refractivity (Wildman–Crippen MR) is 99.6 cm³/mol. The molecule has 148 valence electrons. The van der Waals surface area contributed by atoms with Crippen molar-refractivity contribution in [1.82, 2.24) is 10.6 Å². The first-order valence-electron chi connectivity index (χ1n) is 8.90. The molecule has 0 atom stereocenters. The van der Waals surface area contributed by atoms with Crippen molar-refractivity contribution in [2.45, 2.75) is 45.2 Å². The molecule has 0 heterocycles. The van der Waals surface area contributed by atoms with Crippen LogP contribution in [-0.4, -0.2) is 39.3 Å². The van der Waals surface area contributed by atoms with Crippen LogP contribution < -0.4 is 10.6 Å². The number of rotatable bonds is 9. The number of ether oxygens (including phenoxy) is 1. The van der Waals surface area contributed by atoms with Crippen molar-refractivity contribution in [2.75, 3.05) is 33.4 Å². The maximum Gasteiger partial charge on any atom is 0.416 e. The monoisotopic (exact) mass is 373 g/mol. The SMILES string of the molecule is CCOCCCCNC(=NC)NCC(C)(C)c1cccc(C(F)(F)F)c1. The van der Waals surface area contributed by atoms with Gasteiger partial charge in [0.15, 0.2) is 5.96 Å². The Bertz CT molecular complexity index is 571. The number of halogens is 3. The van der Waals surface area contributed by atoms with Gasteiger partial charge in [-0.05, 0) is 31.4 Å². The molecule has 1 rings (SSSR count). The van der Waals surface area contributed by atoms with E-state index in [9.17, 15) is 13.2 Å². The summed E-state index contributed by atoms with van der Waals surface area (Å²) in [5, 5.41) is 6.40. The second-order valence-electron chi connectivity index (χ2n) is 6.72. The third kappa shape index (κ3) is 7.64. The number of aliphatic imine (C=N–C) groups is 1. The Kier molecular flexibility index (Phi) is 8.92. The molecule has 2 N–H and O–H groups in total. The molecule has 0 saturated carbocycles. The highest BCUT2D eigenvalue weighted by molar-refractivity contribution is 5.79. The van der Waals surface area contributed by atoms with Crippen LogP contribution in [0.5, 0.6) is 0 Å². The highest BCUT2D eigenvalue weighted by Gasteiger charge is 2.32. The Morgan fingerprint density at radius 1 is 1.12 bits per heavy atom. The van der Waals surface area contributed by atoms with Crippen LogP contribution in [0.15, 0.2) is 29.3 Å². The first-order valence-corrected chi connectivity index (χ1v) is 8.90. The first-order chi connectivity index (χ1) is 12.2. The van der Waals surface area contributed by atoms with Crippen molar-refractivity contribution >= 4 is 5.96 Å². The predicted octanol–water partition coefficient (Wildman–Crippen LogP) is 3.96. The van der Waals surface area contributed by atoms with Gasteiger partial charge in [-0.1, -0.05) is 32.0 Å². The van der Waals surface area contributed by atoms with Crippen LogP contribution in [0.3, 0.4) is 0 Å². The molecule has 0 unspecified atom stereocenters. The Morgan fingerprint density at radius 2 is 1.81 bits per heavy atom. The maximum absolute atomic E-state index is 12.9. The van der Waals surface area contributed by atoms with Gasteiger partial charge in [-0.2, -0.15) is 13.2 Å². The molecule has 0 aromatic heterocycles. The van der Waals surface area contributed by atoms with E-state index in [4.69, 9.17) is 4.74 Å². The summed E-state index contributed by atoms with van der Waals surface area (Å²) in [5.74, 6) is 0.640. The van der Waals surface area contributed by atoms with Crippen LogP contribution >= 0.6 is 0 Å². The van der Waals surface area contributed by atoms with Crippen molar-refractivity contribution < 1.29 is 17.9 Å². The van der Waals surface area contributed by atoms with E-state index in [0.29, 0.717) is 18.1 Å². The molecule has 0 aliphatic rings. The van der Waals surface area contributed by atoms with Gasteiger partial charge in [-0.3, -0.25) is 4.99 Å². The lowest BCUT2D eigenvalue weighted by molar-refractivity contribution is -0.137. The van der Waals surface area contributed by atoms with E-state index < -0.39 is 17.2 Å². The molecule has 0 fully saturated rings. The molecule has 0 spiro atoms. The van der Waals surface area contributed by atoms with Gasteiger partial charge >= 0.3 is 6.18 Å². The largest absolute Gasteiger partial charge is 0.416 e. The highest BCUT2D eigenvalue weighted by atomic mass is 19.4. The minimum absolute atomic E-state index is 0.465. The molecule has 1 aromatic carbocycles. The quantitative estimate of drug-likeness (QED) is 0.391. The van der Waals surface area contributed by atoms with E-state index in [1.54, 1.807) is 13.1 Å². The molecule has 0 aliphatic heterocycles. The molecule has 0 bridgehead atoms. The molecular weight excluding hydrogens is 343 g/mol. The number of nitrogens with zero attached hydrogens (tertiary/aromatic N) is 1. The van der Waals surface area contributed by atoms with Gasteiger partial charge in [0.05, 0.1) is 5.56 Å². The summed E-state index contributed by atoms with van der Waals surface area (Å²) in [5.41, 5.74) is -0.472. The number of hydrogen-bond donors (Lipinski definition) is 2. The molecular formula is C19H30F3N3O. The van der Waals surface area contributed by atoms with Crippen LogP contribution in [0.4, 0.5) is 13.2 Å². The Hall–Kier alpha value is -1.76. The fraction of sp³-hybridized carbons (Fsp3) is 0.632. The Balaban J connectivity index is 2.55. The van der Waals surface area contributed by atoms with E-state index in [2.05, 4.69) is 15.6 Å². The van der Waals surface area contributed by atoms with Crippen molar-refractivity contribution in [1.29, 1.82) is 0 Å². The zero-order valence-corrected chi connectivity index (χ0v) is 16.0. The van der Waals surface area contributed by atoms with Crippen molar-refractivity contribution in [3.63, 3.8) is 0 Å². The zero-order valence-electron chi connectivity index (χ0n) is 16.0. The molecule has 0 saturated heterocycles. The van der Waals surface area contributed by atoms with Gasteiger partial charge in [-0.25, -0.2) is 0 Å². The van der Waals surface area contributed by atoms with E-state index >= 15 is 0 Å². The van der Waals surface area contributed by atoms with Crippen molar-refractivity contribution in [3.05, 3.63) is 35.4 Å². The Morgan fingerprint density at radius 3 is 2.42 bits per heavy atom. The van der Waals surface area contributed by atoms with Crippen molar-refractivity contribution in [2.24, 2.45) is 4.99 Å². The summed E-state index contributed by atoms with van der Waals surface area (Å²) in [6.07, 6.45) is -2.41. The van der Waals surface area contributed by atoms with Gasteiger partial charge in [0.1, 0.15) is 0 Å². The molecule has 0 amide bonds. The Labute approximate surface area is 154 Å². The van der Waals surface area contributed by atoms with Crippen LogP contribution in [0.2, 0.25) is 0 Å². The third-order valence-electron chi connectivity index (χ3n) is 4.10. The average Bonchev–Trinajstić information content (AvgIpc) is 2.60.